The van der Waals surface area contributed by atoms with Crippen LogP contribution in [0.2, 0.25) is 0 Å². The van der Waals surface area contributed by atoms with Gasteiger partial charge in [-0.2, -0.15) is 5.10 Å². The topological polar surface area (TPSA) is 67.2 Å². The lowest BCUT2D eigenvalue weighted by Gasteiger charge is -2.38. The van der Waals surface area contributed by atoms with Crippen molar-refractivity contribution in [2.24, 2.45) is 5.92 Å². The van der Waals surface area contributed by atoms with Gasteiger partial charge in [0.15, 0.2) is 5.65 Å². The first-order chi connectivity index (χ1) is 17.2. The highest BCUT2D eigenvalue weighted by Crippen LogP contribution is 2.32. The van der Waals surface area contributed by atoms with Crippen LogP contribution in [0.15, 0.2) is 60.7 Å². The summed E-state index contributed by atoms with van der Waals surface area (Å²) in [5, 5.41) is 5.86. The molecule has 4 aromatic rings. The lowest BCUT2D eigenvalue weighted by molar-refractivity contribution is -0.138. The van der Waals surface area contributed by atoms with Crippen LogP contribution in [0.25, 0.3) is 16.7 Å². The fourth-order valence-corrected chi connectivity index (χ4v) is 5.09. The highest BCUT2D eigenvalue weighted by Gasteiger charge is 2.32. The maximum absolute atomic E-state index is 12.8. The zero-order valence-corrected chi connectivity index (χ0v) is 20.1. The quantitative estimate of drug-likeness (QED) is 0.442. The Kier molecular flexibility index (Phi) is 5.68. The number of hydrogen-bond acceptors (Lipinski definition) is 5. The second kappa shape index (κ2) is 9.13. The van der Waals surface area contributed by atoms with Gasteiger partial charge in [0.2, 0.25) is 5.91 Å². The number of carbonyl (C=O) groups is 1. The Morgan fingerprint density at radius 2 is 1.60 bits per heavy atom. The number of aryl methyl sites for hydroxylation is 1. The van der Waals surface area contributed by atoms with Crippen molar-refractivity contribution < 1.29 is 4.79 Å². The first-order valence-corrected chi connectivity index (χ1v) is 12.6. The number of rotatable bonds is 5. The Balaban J connectivity index is 1.38. The molecule has 0 radical (unpaired) electrons. The highest BCUT2D eigenvalue weighted by molar-refractivity contribution is 5.91. The molecular formula is C28H30N6O. The van der Waals surface area contributed by atoms with Crippen LogP contribution in [0.4, 0.5) is 5.82 Å². The largest absolute Gasteiger partial charge is 0.352 e. The maximum atomic E-state index is 12.8. The van der Waals surface area contributed by atoms with Gasteiger partial charge in [-0.25, -0.2) is 14.6 Å². The van der Waals surface area contributed by atoms with Gasteiger partial charge in [-0.1, -0.05) is 55.0 Å². The molecule has 1 saturated carbocycles. The average Bonchev–Trinajstić information content (AvgIpc) is 3.20. The molecule has 7 nitrogen and oxygen atoms in total. The number of amides is 1. The van der Waals surface area contributed by atoms with Crippen LogP contribution in [-0.2, 0) is 11.2 Å². The molecule has 1 amide bonds. The molecule has 0 bridgehead atoms. The van der Waals surface area contributed by atoms with E-state index in [1.54, 1.807) is 0 Å². The lowest BCUT2D eigenvalue weighted by Crippen LogP contribution is -2.51. The molecule has 2 aliphatic rings. The van der Waals surface area contributed by atoms with Crippen molar-refractivity contribution in [1.82, 2.24) is 24.6 Å². The highest BCUT2D eigenvalue weighted by atomic mass is 16.2. The monoisotopic (exact) mass is 466 g/mol. The molecule has 2 aromatic heterocycles. The van der Waals surface area contributed by atoms with E-state index in [4.69, 9.17) is 15.1 Å². The Bertz CT molecular complexity index is 1340. The molecule has 1 aliphatic heterocycles. The molecule has 0 spiro atoms. The Morgan fingerprint density at radius 3 is 2.26 bits per heavy atom. The molecule has 1 saturated heterocycles. The number of benzene rings is 2. The third-order valence-electron chi connectivity index (χ3n) is 7.28. The number of carbonyl (C=O) groups excluding carboxylic acids is 1. The van der Waals surface area contributed by atoms with Crippen molar-refractivity contribution in [3.05, 3.63) is 77.7 Å². The SMILES string of the molecule is Cc1nn(-c2ccccc2)c2nc(Cc3ccccc3)nc(N3CCN(C(=O)C4CCC4)CC3)c12. The predicted octanol–water partition coefficient (Wildman–Crippen LogP) is 4.16. The smallest absolute Gasteiger partial charge is 0.225 e. The molecule has 0 N–H and O–H groups in total. The van der Waals surface area contributed by atoms with Crippen molar-refractivity contribution >= 4 is 22.8 Å². The summed E-state index contributed by atoms with van der Waals surface area (Å²) in [6.45, 7) is 5.04. The van der Waals surface area contributed by atoms with Gasteiger partial charge in [0.1, 0.15) is 11.6 Å². The summed E-state index contributed by atoms with van der Waals surface area (Å²) in [7, 11) is 0. The molecule has 2 fully saturated rings. The van der Waals surface area contributed by atoms with Crippen LogP contribution < -0.4 is 4.90 Å². The standard InChI is InChI=1S/C28H30N6O/c1-20-25-26(32-15-17-33(18-16-32)28(35)22-11-8-12-22)29-24(19-21-9-4-2-5-10-21)30-27(25)34(31-20)23-13-6-3-7-14-23/h2-7,9-10,13-14,22H,8,11-12,15-19H2,1H3. The summed E-state index contributed by atoms with van der Waals surface area (Å²) in [5.74, 6) is 2.29. The molecule has 0 atom stereocenters. The van der Waals surface area contributed by atoms with E-state index in [1.165, 1.54) is 12.0 Å². The van der Waals surface area contributed by atoms with Crippen LogP contribution in [0.3, 0.4) is 0 Å². The number of para-hydroxylation sites is 1. The molecule has 0 unspecified atom stereocenters. The van der Waals surface area contributed by atoms with E-state index in [0.717, 1.165) is 73.1 Å². The van der Waals surface area contributed by atoms with E-state index in [9.17, 15) is 4.79 Å². The fraction of sp³-hybridized carbons (Fsp3) is 0.357. The summed E-state index contributed by atoms with van der Waals surface area (Å²) in [6, 6.07) is 20.5. The van der Waals surface area contributed by atoms with Crippen LogP contribution in [0.1, 0.15) is 36.3 Å². The number of hydrogen-bond donors (Lipinski definition) is 0. The third-order valence-corrected chi connectivity index (χ3v) is 7.28. The molecule has 3 heterocycles. The summed E-state index contributed by atoms with van der Waals surface area (Å²) in [5.41, 5.74) is 3.91. The van der Waals surface area contributed by atoms with Crippen molar-refractivity contribution in [3.63, 3.8) is 0 Å². The van der Waals surface area contributed by atoms with Crippen molar-refractivity contribution in [2.75, 3.05) is 31.1 Å². The minimum atomic E-state index is 0.246. The number of nitrogens with zero attached hydrogens (tertiary/aromatic N) is 6. The molecule has 7 heteroatoms. The molecule has 178 valence electrons. The Morgan fingerprint density at radius 1 is 0.914 bits per heavy atom. The summed E-state index contributed by atoms with van der Waals surface area (Å²) in [6.07, 6.45) is 3.94. The van der Waals surface area contributed by atoms with Crippen LogP contribution in [0, 0.1) is 12.8 Å². The summed E-state index contributed by atoms with van der Waals surface area (Å²) >= 11 is 0. The van der Waals surface area contributed by atoms with Crippen molar-refractivity contribution in [2.45, 2.75) is 32.6 Å². The van der Waals surface area contributed by atoms with E-state index in [2.05, 4.69) is 29.2 Å². The minimum absolute atomic E-state index is 0.246. The Labute approximate surface area is 205 Å². The molecule has 6 rings (SSSR count). The van der Waals surface area contributed by atoms with Gasteiger partial charge in [-0.15, -0.1) is 0 Å². The van der Waals surface area contributed by atoms with Crippen LogP contribution in [-0.4, -0.2) is 56.7 Å². The zero-order chi connectivity index (χ0) is 23.8. The van der Waals surface area contributed by atoms with E-state index < -0.39 is 0 Å². The van der Waals surface area contributed by atoms with Crippen molar-refractivity contribution in [1.29, 1.82) is 0 Å². The minimum Gasteiger partial charge on any atom is -0.352 e. The fourth-order valence-electron chi connectivity index (χ4n) is 5.09. The molecule has 35 heavy (non-hydrogen) atoms. The van der Waals surface area contributed by atoms with Gasteiger partial charge in [0.05, 0.1) is 16.8 Å². The molecule has 2 aromatic carbocycles. The number of fused-ring (bicyclic) bond motifs is 1. The lowest BCUT2D eigenvalue weighted by atomic mass is 9.84. The van der Waals surface area contributed by atoms with Gasteiger partial charge in [-0.05, 0) is 37.5 Å². The first-order valence-electron chi connectivity index (χ1n) is 12.6. The van der Waals surface area contributed by atoms with Gasteiger partial charge in [0, 0.05) is 38.5 Å². The number of aromatic nitrogens is 4. The van der Waals surface area contributed by atoms with E-state index in [1.807, 2.05) is 52.9 Å². The van der Waals surface area contributed by atoms with E-state index in [-0.39, 0.29) is 5.92 Å². The van der Waals surface area contributed by atoms with Crippen LogP contribution in [0.5, 0.6) is 0 Å². The van der Waals surface area contributed by atoms with Gasteiger partial charge < -0.3 is 9.80 Å². The third kappa shape index (κ3) is 4.16. The first kappa shape index (κ1) is 21.8. The summed E-state index contributed by atoms with van der Waals surface area (Å²) in [4.78, 5) is 27.2. The van der Waals surface area contributed by atoms with E-state index in [0.29, 0.717) is 12.3 Å². The van der Waals surface area contributed by atoms with Crippen molar-refractivity contribution in [3.8, 4) is 5.69 Å². The van der Waals surface area contributed by atoms with E-state index >= 15 is 0 Å². The predicted molar refractivity (Wildman–Crippen MR) is 137 cm³/mol. The number of piperazine rings is 1. The Hall–Kier alpha value is -3.74. The average molecular weight is 467 g/mol. The van der Waals surface area contributed by atoms with Gasteiger partial charge >= 0.3 is 0 Å². The number of anilines is 1. The summed E-state index contributed by atoms with van der Waals surface area (Å²) < 4.78 is 1.93. The van der Waals surface area contributed by atoms with Gasteiger partial charge in [0.25, 0.3) is 0 Å². The maximum Gasteiger partial charge on any atom is 0.225 e. The molecular weight excluding hydrogens is 436 g/mol. The second-order valence-corrected chi connectivity index (χ2v) is 9.60. The second-order valence-electron chi connectivity index (χ2n) is 9.60. The molecule has 1 aliphatic carbocycles. The zero-order valence-electron chi connectivity index (χ0n) is 20.1. The van der Waals surface area contributed by atoms with Gasteiger partial charge in [-0.3, -0.25) is 4.79 Å². The normalized spacial score (nSPS) is 16.5. The van der Waals surface area contributed by atoms with Crippen LogP contribution >= 0.6 is 0 Å².